The van der Waals surface area contributed by atoms with Crippen LogP contribution in [0, 0.1) is 0 Å². The fourth-order valence-electron chi connectivity index (χ4n) is 0.428. The molecule has 0 fully saturated rings. The van der Waals surface area contributed by atoms with Crippen LogP contribution < -0.4 is 0 Å². The van der Waals surface area contributed by atoms with Crippen molar-refractivity contribution in [1.29, 1.82) is 0 Å². The molecule has 0 bridgehead atoms. The summed E-state index contributed by atoms with van der Waals surface area (Å²) >= 11 is -1.80. The Morgan fingerprint density at radius 3 is 1.27 bits per heavy atom. The van der Waals surface area contributed by atoms with E-state index in [0.29, 0.717) is 19.8 Å². The van der Waals surface area contributed by atoms with E-state index in [2.05, 4.69) is 0 Å². The van der Waals surface area contributed by atoms with E-state index in [4.69, 9.17) is 11.0 Å². The average molecular weight is 267 g/mol. The van der Waals surface area contributed by atoms with Crippen molar-refractivity contribution in [2.75, 3.05) is 19.8 Å². The Kier molecular flexibility index (Phi) is 14.4. The summed E-state index contributed by atoms with van der Waals surface area (Å²) in [6, 6.07) is 0. The summed E-state index contributed by atoms with van der Waals surface area (Å²) in [5.74, 6) is 0. The molecule has 0 aromatic carbocycles. The first-order chi connectivity index (χ1) is 4.85. The van der Waals surface area contributed by atoms with Crippen molar-refractivity contribution in [3.8, 4) is 0 Å². The van der Waals surface area contributed by atoms with Gasteiger partial charge in [0.05, 0.1) is 0 Å². The number of halogens is 1. The Balaban J connectivity index is 0. The van der Waals surface area contributed by atoms with Gasteiger partial charge < -0.3 is 0 Å². The normalized spacial score (nSPS) is 9.82. The van der Waals surface area contributed by atoms with Gasteiger partial charge >= 0.3 is 67.8 Å². The standard InChI is InChI=1S/3C2H5O.BrH.V/c3*1-2-3;;/h3*2H2,1H3;1H;/q3*-1;;+3. The summed E-state index contributed by atoms with van der Waals surface area (Å²) in [6.07, 6.45) is 0. The van der Waals surface area contributed by atoms with E-state index in [0.717, 1.165) is 0 Å². The Labute approximate surface area is 84.8 Å². The van der Waals surface area contributed by atoms with Gasteiger partial charge in [-0.25, -0.2) is 0 Å². The molecule has 0 rings (SSSR count). The van der Waals surface area contributed by atoms with Gasteiger partial charge in [0.1, 0.15) is 0 Å². The summed E-state index contributed by atoms with van der Waals surface area (Å²) in [4.78, 5) is 0. The molecule has 0 N–H and O–H groups in total. The molecule has 0 aromatic rings. The quantitative estimate of drug-likeness (QED) is 0.737. The topological polar surface area (TPSA) is 27.7 Å². The van der Waals surface area contributed by atoms with E-state index >= 15 is 0 Å². The van der Waals surface area contributed by atoms with Crippen molar-refractivity contribution in [2.45, 2.75) is 20.8 Å². The predicted octanol–water partition coefficient (Wildman–Crippen LogP) is 2.04. The van der Waals surface area contributed by atoms with E-state index in [1.165, 1.54) is 0 Å². The van der Waals surface area contributed by atoms with Crippen LogP contribution in [0.3, 0.4) is 0 Å². The Hall–Kier alpha value is 0.944. The van der Waals surface area contributed by atoms with Crippen molar-refractivity contribution in [1.82, 2.24) is 0 Å². The molecule has 0 aromatic heterocycles. The van der Waals surface area contributed by atoms with Crippen molar-refractivity contribution in [3.05, 3.63) is 0 Å². The second kappa shape index (κ2) is 10.9. The van der Waals surface area contributed by atoms with Crippen molar-refractivity contribution >= 4 is 17.0 Å². The van der Waals surface area contributed by atoms with Crippen LogP contribution in [-0.4, -0.2) is 19.8 Å². The van der Waals surface area contributed by atoms with Crippen LogP contribution in [0.15, 0.2) is 0 Å². The molecule has 0 aliphatic rings. The number of rotatable bonds is 6. The molecule has 0 saturated carbocycles. The van der Waals surface area contributed by atoms with Gasteiger partial charge in [0.2, 0.25) is 0 Å². The van der Waals surface area contributed by atoms with E-state index in [9.17, 15) is 0 Å². The first kappa shape index (κ1) is 14.5. The van der Waals surface area contributed by atoms with E-state index in [1.54, 1.807) is 0 Å². The molecule has 11 heavy (non-hydrogen) atoms. The molecular formula is C6H16BrO3V. The van der Waals surface area contributed by atoms with Gasteiger partial charge in [-0.15, -0.1) is 17.0 Å². The molecule has 70 valence electrons. The van der Waals surface area contributed by atoms with E-state index in [-0.39, 0.29) is 17.0 Å². The first-order valence-electron chi connectivity index (χ1n) is 3.54. The van der Waals surface area contributed by atoms with Crippen LogP contribution in [0.2, 0.25) is 0 Å². The van der Waals surface area contributed by atoms with Gasteiger partial charge in [0.15, 0.2) is 0 Å². The Morgan fingerprint density at radius 2 is 1.09 bits per heavy atom. The van der Waals surface area contributed by atoms with Crippen molar-refractivity contribution in [3.63, 3.8) is 0 Å². The average Bonchev–Trinajstić information content (AvgIpc) is 1.90. The minimum absolute atomic E-state index is 0. The van der Waals surface area contributed by atoms with Gasteiger partial charge in [0.25, 0.3) is 0 Å². The SMILES string of the molecule is Br.CC[O][V]([O]CC)[O]CC. The zero-order valence-corrected chi connectivity index (χ0v) is 10.3. The Bertz CT molecular complexity index is 60.6. The molecule has 0 heterocycles. The second-order valence-corrected chi connectivity index (χ2v) is 3.38. The zero-order valence-electron chi connectivity index (χ0n) is 7.20. The van der Waals surface area contributed by atoms with Gasteiger partial charge in [0, 0.05) is 0 Å². The molecule has 0 aliphatic carbocycles. The maximum atomic E-state index is 5.22. The predicted molar refractivity (Wildman–Crippen MR) is 45.2 cm³/mol. The maximum absolute atomic E-state index is 5.22. The molecule has 0 saturated heterocycles. The van der Waals surface area contributed by atoms with Crippen LogP contribution >= 0.6 is 17.0 Å². The van der Waals surface area contributed by atoms with Crippen molar-refractivity contribution < 1.29 is 27.2 Å². The zero-order chi connectivity index (χ0) is 7.82. The Morgan fingerprint density at radius 1 is 0.818 bits per heavy atom. The van der Waals surface area contributed by atoms with Crippen LogP contribution in [-0.2, 0) is 27.2 Å². The number of hydrogen-bond donors (Lipinski definition) is 0. The molecule has 0 atom stereocenters. The van der Waals surface area contributed by atoms with Gasteiger partial charge in [-0.05, 0) is 0 Å². The van der Waals surface area contributed by atoms with Crippen LogP contribution in [0.4, 0.5) is 0 Å². The van der Waals surface area contributed by atoms with Crippen LogP contribution in [0.25, 0.3) is 0 Å². The third-order valence-corrected chi connectivity index (χ3v) is 2.90. The van der Waals surface area contributed by atoms with E-state index in [1.807, 2.05) is 20.8 Å². The summed E-state index contributed by atoms with van der Waals surface area (Å²) in [5, 5.41) is 0. The number of hydrogen-bond acceptors (Lipinski definition) is 3. The molecule has 5 heteroatoms. The molecule has 0 spiro atoms. The molecule has 3 nitrogen and oxygen atoms in total. The second-order valence-electron chi connectivity index (χ2n) is 1.48. The fourth-order valence-corrected chi connectivity index (χ4v) is 1.76. The van der Waals surface area contributed by atoms with Gasteiger partial charge in [-0.1, -0.05) is 0 Å². The van der Waals surface area contributed by atoms with Crippen molar-refractivity contribution in [2.24, 2.45) is 0 Å². The third-order valence-electron chi connectivity index (χ3n) is 0.704. The van der Waals surface area contributed by atoms with Crippen LogP contribution in [0.1, 0.15) is 20.8 Å². The van der Waals surface area contributed by atoms with Crippen LogP contribution in [0.5, 0.6) is 0 Å². The molecular weight excluding hydrogens is 251 g/mol. The summed E-state index contributed by atoms with van der Waals surface area (Å²) in [7, 11) is 0. The monoisotopic (exact) mass is 266 g/mol. The van der Waals surface area contributed by atoms with Gasteiger partial charge in [-0.2, -0.15) is 0 Å². The third kappa shape index (κ3) is 8.85. The molecule has 0 amide bonds. The minimum atomic E-state index is -1.80. The summed E-state index contributed by atoms with van der Waals surface area (Å²) in [6.45, 7) is 7.87. The summed E-state index contributed by atoms with van der Waals surface area (Å²) in [5.41, 5.74) is 0. The summed E-state index contributed by atoms with van der Waals surface area (Å²) < 4.78 is 15.7. The first-order valence-corrected chi connectivity index (χ1v) is 5.25. The van der Waals surface area contributed by atoms with E-state index < -0.39 is 16.2 Å². The molecule has 0 unspecified atom stereocenters. The molecule has 0 radical (unpaired) electrons. The van der Waals surface area contributed by atoms with Gasteiger partial charge in [-0.3, -0.25) is 0 Å². The fraction of sp³-hybridized carbons (Fsp3) is 1.00. The molecule has 0 aliphatic heterocycles.